The lowest BCUT2D eigenvalue weighted by molar-refractivity contribution is -0.118. The van der Waals surface area contributed by atoms with Crippen LogP contribution in [-0.4, -0.2) is 24.3 Å². The number of benzene rings is 1. The van der Waals surface area contributed by atoms with Crippen molar-refractivity contribution in [2.75, 3.05) is 11.9 Å². The summed E-state index contributed by atoms with van der Waals surface area (Å²) in [7, 11) is 0. The molecule has 2 aromatic rings. The first-order chi connectivity index (χ1) is 11.6. The number of nitrogens with one attached hydrogen (secondary N) is 2. The van der Waals surface area contributed by atoms with Crippen LogP contribution in [-0.2, 0) is 9.59 Å². The van der Waals surface area contributed by atoms with Crippen LogP contribution in [0.4, 0.5) is 5.69 Å². The van der Waals surface area contributed by atoms with E-state index in [1.807, 2.05) is 16.8 Å². The fourth-order valence-electron chi connectivity index (χ4n) is 1.90. The topological polar surface area (TPSA) is 101 Å². The number of thiophene rings is 1. The van der Waals surface area contributed by atoms with E-state index < -0.39 is 5.91 Å². The van der Waals surface area contributed by atoms with Gasteiger partial charge in [0.15, 0.2) is 0 Å². The van der Waals surface area contributed by atoms with Gasteiger partial charge in [-0.3, -0.25) is 14.4 Å². The summed E-state index contributed by atoms with van der Waals surface area (Å²) in [5.41, 5.74) is 6.69. The molecule has 0 saturated carbocycles. The van der Waals surface area contributed by atoms with E-state index in [0.29, 0.717) is 11.3 Å². The number of nitrogens with two attached hydrogens (primary N) is 1. The molecule has 0 spiro atoms. The Balaban J connectivity index is 2.01. The minimum atomic E-state index is -0.490. The molecule has 124 valence electrons. The second kappa shape index (κ2) is 8.64. The Bertz CT molecular complexity index is 754. The SMILES string of the molecule is NC(=O)CCNC(=O)c1ccccc1NC(=O)C=Cc1ccsc1. The van der Waals surface area contributed by atoms with Gasteiger partial charge in [-0.05, 0) is 40.6 Å². The van der Waals surface area contributed by atoms with Crippen LogP contribution in [0.5, 0.6) is 0 Å². The maximum atomic E-state index is 12.1. The van der Waals surface area contributed by atoms with Gasteiger partial charge in [0.05, 0.1) is 11.3 Å². The van der Waals surface area contributed by atoms with Gasteiger partial charge in [0.25, 0.3) is 5.91 Å². The van der Waals surface area contributed by atoms with E-state index in [1.165, 1.54) is 6.08 Å². The van der Waals surface area contributed by atoms with E-state index in [-0.39, 0.29) is 24.8 Å². The third-order valence-corrected chi connectivity index (χ3v) is 3.76. The maximum Gasteiger partial charge on any atom is 0.253 e. The van der Waals surface area contributed by atoms with Gasteiger partial charge >= 0.3 is 0 Å². The molecular formula is C17H17N3O3S. The van der Waals surface area contributed by atoms with E-state index in [4.69, 9.17) is 5.73 Å². The average Bonchev–Trinajstić information content (AvgIpc) is 3.06. The highest BCUT2D eigenvalue weighted by Gasteiger charge is 2.12. The van der Waals surface area contributed by atoms with Crippen molar-refractivity contribution in [2.24, 2.45) is 5.73 Å². The molecule has 1 aromatic heterocycles. The van der Waals surface area contributed by atoms with Crippen LogP contribution in [0.1, 0.15) is 22.3 Å². The molecule has 0 aliphatic carbocycles. The zero-order chi connectivity index (χ0) is 17.4. The summed E-state index contributed by atoms with van der Waals surface area (Å²) in [5.74, 6) is -1.21. The minimum absolute atomic E-state index is 0.0592. The van der Waals surface area contributed by atoms with Gasteiger partial charge in [-0.2, -0.15) is 11.3 Å². The molecule has 0 bridgehead atoms. The van der Waals surface area contributed by atoms with Gasteiger partial charge < -0.3 is 16.4 Å². The normalized spacial score (nSPS) is 10.5. The molecule has 3 amide bonds. The minimum Gasteiger partial charge on any atom is -0.370 e. The van der Waals surface area contributed by atoms with Crippen LogP contribution in [0.3, 0.4) is 0 Å². The summed E-state index contributed by atoms with van der Waals surface area (Å²) >= 11 is 1.54. The van der Waals surface area contributed by atoms with Crippen molar-refractivity contribution in [3.63, 3.8) is 0 Å². The summed E-state index contributed by atoms with van der Waals surface area (Å²) in [6.07, 6.45) is 3.16. The Hall–Kier alpha value is -2.93. The predicted molar refractivity (Wildman–Crippen MR) is 94.6 cm³/mol. The lowest BCUT2D eigenvalue weighted by atomic mass is 10.1. The van der Waals surface area contributed by atoms with E-state index >= 15 is 0 Å². The molecule has 1 aromatic carbocycles. The number of rotatable bonds is 7. The average molecular weight is 343 g/mol. The molecular weight excluding hydrogens is 326 g/mol. The summed E-state index contributed by atoms with van der Waals surface area (Å²) in [4.78, 5) is 34.8. The first kappa shape index (κ1) is 17.4. The Morgan fingerprint density at radius 2 is 1.96 bits per heavy atom. The fraction of sp³-hybridized carbons (Fsp3) is 0.118. The zero-order valence-electron chi connectivity index (χ0n) is 12.8. The summed E-state index contributed by atoms with van der Waals surface area (Å²) in [6, 6.07) is 8.55. The van der Waals surface area contributed by atoms with Crippen molar-refractivity contribution >= 4 is 40.8 Å². The smallest absolute Gasteiger partial charge is 0.253 e. The second-order valence-corrected chi connectivity index (χ2v) is 5.68. The predicted octanol–water partition coefficient (Wildman–Crippen LogP) is 2.01. The molecule has 24 heavy (non-hydrogen) atoms. The number of hydrogen-bond donors (Lipinski definition) is 3. The van der Waals surface area contributed by atoms with Crippen LogP contribution in [0.2, 0.25) is 0 Å². The van der Waals surface area contributed by atoms with E-state index in [2.05, 4.69) is 10.6 Å². The lowest BCUT2D eigenvalue weighted by Gasteiger charge is -2.10. The number of carbonyl (C=O) groups excluding carboxylic acids is 3. The Morgan fingerprint density at radius 1 is 1.17 bits per heavy atom. The highest BCUT2D eigenvalue weighted by atomic mass is 32.1. The zero-order valence-corrected chi connectivity index (χ0v) is 13.6. The van der Waals surface area contributed by atoms with Crippen molar-refractivity contribution < 1.29 is 14.4 Å². The Labute approximate surface area is 143 Å². The lowest BCUT2D eigenvalue weighted by Crippen LogP contribution is -2.28. The molecule has 0 aliphatic heterocycles. The van der Waals surface area contributed by atoms with E-state index in [1.54, 1.807) is 41.7 Å². The largest absolute Gasteiger partial charge is 0.370 e. The molecule has 0 fully saturated rings. The second-order valence-electron chi connectivity index (χ2n) is 4.90. The number of hydrogen-bond acceptors (Lipinski definition) is 4. The molecule has 0 radical (unpaired) electrons. The van der Waals surface area contributed by atoms with E-state index in [9.17, 15) is 14.4 Å². The third-order valence-electron chi connectivity index (χ3n) is 3.06. The number of amides is 3. The molecule has 0 unspecified atom stereocenters. The van der Waals surface area contributed by atoms with Gasteiger partial charge in [0.1, 0.15) is 0 Å². The molecule has 0 aliphatic rings. The molecule has 1 heterocycles. The molecule has 2 rings (SSSR count). The van der Waals surface area contributed by atoms with Crippen molar-refractivity contribution in [1.29, 1.82) is 0 Å². The van der Waals surface area contributed by atoms with Gasteiger partial charge in [-0.1, -0.05) is 12.1 Å². The molecule has 6 nitrogen and oxygen atoms in total. The van der Waals surface area contributed by atoms with Gasteiger partial charge in [0.2, 0.25) is 11.8 Å². The number of carbonyl (C=O) groups is 3. The standard InChI is InChI=1S/C17H17N3O3S/c18-15(21)7-9-19-17(23)13-3-1-2-4-14(13)20-16(22)6-5-12-8-10-24-11-12/h1-6,8,10-11H,7,9H2,(H2,18,21)(H,19,23)(H,20,22). The molecule has 0 atom stereocenters. The molecule has 7 heteroatoms. The van der Waals surface area contributed by atoms with Crippen molar-refractivity contribution in [1.82, 2.24) is 5.32 Å². The van der Waals surface area contributed by atoms with Crippen LogP contribution in [0, 0.1) is 0 Å². The maximum absolute atomic E-state index is 12.1. The number of anilines is 1. The number of para-hydroxylation sites is 1. The van der Waals surface area contributed by atoms with Crippen molar-refractivity contribution in [3.05, 3.63) is 58.3 Å². The Morgan fingerprint density at radius 3 is 2.67 bits per heavy atom. The first-order valence-corrected chi connectivity index (χ1v) is 8.17. The number of primary amides is 1. The van der Waals surface area contributed by atoms with Gasteiger partial charge in [-0.15, -0.1) is 0 Å². The Kier molecular flexibility index (Phi) is 6.27. The van der Waals surface area contributed by atoms with Gasteiger partial charge in [-0.25, -0.2) is 0 Å². The van der Waals surface area contributed by atoms with Crippen LogP contribution in [0.15, 0.2) is 47.2 Å². The quantitative estimate of drug-likeness (QED) is 0.670. The molecule has 4 N–H and O–H groups in total. The highest BCUT2D eigenvalue weighted by Crippen LogP contribution is 2.15. The highest BCUT2D eigenvalue weighted by molar-refractivity contribution is 7.08. The van der Waals surface area contributed by atoms with Crippen LogP contribution in [0.25, 0.3) is 6.08 Å². The van der Waals surface area contributed by atoms with Gasteiger partial charge in [0, 0.05) is 19.0 Å². The van der Waals surface area contributed by atoms with E-state index in [0.717, 1.165) is 5.56 Å². The van der Waals surface area contributed by atoms with Crippen LogP contribution >= 0.6 is 11.3 Å². The first-order valence-electron chi connectivity index (χ1n) is 7.23. The summed E-state index contributed by atoms with van der Waals surface area (Å²) < 4.78 is 0. The summed E-state index contributed by atoms with van der Waals surface area (Å²) in [6.45, 7) is 0.147. The van der Waals surface area contributed by atoms with Crippen molar-refractivity contribution in [2.45, 2.75) is 6.42 Å². The van der Waals surface area contributed by atoms with Crippen molar-refractivity contribution in [3.8, 4) is 0 Å². The third kappa shape index (κ3) is 5.36. The summed E-state index contributed by atoms with van der Waals surface area (Å²) in [5, 5.41) is 9.11. The van der Waals surface area contributed by atoms with Crippen LogP contribution < -0.4 is 16.4 Å². The fourth-order valence-corrected chi connectivity index (χ4v) is 2.53. The monoisotopic (exact) mass is 343 g/mol. The molecule has 0 saturated heterocycles.